The minimum Gasteiger partial charge on any atom is -0.348 e. The third-order valence-electron chi connectivity index (χ3n) is 2.25. The Morgan fingerprint density at radius 2 is 2.07 bits per heavy atom. The van der Waals surface area contributed by atoms with Crippen molar-refractivity contribution in [3.63, 3.8) is 0 Å². The Bertz CT molecular complexity index is 389. The molecule has 3 heteroatoms. The van der Waals surface area contributed by atoms with Crippen molar-refractivity contribution >= 4 is 0 Å². The van der Waals surface area contributed by atoms with Crippen LogP contribution in [0.1, 0.15) is 23.8 Å². The number of halogens is 1. The zero-order valence-electron chi connectivity index (χ0n) is 8.20. The molecule has 0 aromatic heterocycles. The molecule has 1 aliphatic rings. The van der Waals surface area contributed by atoms with Crippen LogP contribution in [0.2, 0.25) is 0 Å². The van der Waals surface area contributed by atoms with Gasteiger partial charge < -0.3 is 9.47 Å². The summed E-state index contributed by atoms with van der Waals surface area (Å²) in [5, 5.41) is 0. The fourth-order valence-corrected chi connectivity index (χ4v) is 1.48. The SMILES string of the molecule is C#Cc1ccc(C2OCCCO2)cc1F. The highest BCUT2D eigenvalue weighted by Crippen LogP contribution is 2.24. The molecule has 0 spiro atoms. The van der Waals surface area contributed by atoms with Gasteiger partial charge in [-0.25, -0.2) is 4.39 Å². The summed E-state index contributed by atoms with van der Waals surface area (Å²) in [7, 11) is 0. The lowest BCUT2D eigenvalue weighted by atomic mass is 10.1. The van der Waals surface area contributed by atoms with E-state index >= 15 is 0 Å². The fraction of sp³-hybridized carbons (Fsp3) is 0.333. The highest BCUT2D eigenvalue weighted by atomic mass is 19.1. The molecule has 1 aromatic rings. The third-order valence-corrected chi connectivity index (χ3v) is 2.25. The number of terminal acetylenes is 1. The standard InChI is InChI=1S/C12H11FO2/c1-2-9-4-5-10(8-11(9)13)12-14-6-3-7-15-12/h1,4-5,8,12H,3,6-7H2. The van der Waals surface area contributed by atoms with Gasteiger partial charge in [-0.05, 0) is 18.6 Å². The Hall–Kier alpha value is -1.37. The van der Waals surface area contributed by atoms with Gasteiger partial charge in [0.1, 0.15) is 5.82 Å². The van der Waals surface area contributed by atoms with Crippen LogP contribution in [0.3, 0.4) is 0 Å². The number of ether oxygens (including phenoxy) is 2. The molecule has 1 aliphatic heterocycles. The lowest BCUT2D eigenvalue weighted by Gasteiger charge is -2.23. The quantitative estimate of drug-likeness (QED) is 0.656. The predicted molar refractivity (Wildman–Crippen MR) is 53.6 cm³/mol. The maximum atomic E-state index is 13.4. The molecule has 1 aromatic carbocycles. The molecular formula is C12H11FO2. The van der Waals surface area contributed by atoms with E-state index in [4.69, 9.17) is 15.9 Å². The smallest absolute Gasteiger partial charge is 0.183 e. The molecule has 78 valence electrons. The zero-order valence-corrected chi connectivity index (χ0v) is 8.20. The van der Waals surface area contributed by atoms with Gasteiger partial charge >= 0.3 is 0 Å². The average Bonchev–Trinajstić information content (AvgIpc) is 2.30. The molecule has 0 radical (unpaired) electrons. The fourth-order valence-electron chi connectivity index (χ4n) is 1.48. The average molecular weight is 206 g/mol. The van der Waals surface area contributed by atoms with Gasteiger partial charge in [-0.1, -0.05) is 12.0 Å². The Labute approximate surface area is 88.0 Å². The Morgan fingerprint density at radius 1 is 1.33 bits per heavy atom. The molecule has 1 heterocycles. The number of hydrogen-bond acceptors (Lipinski definition) is 2. The first-order valence-electron chi connectivity index (χ1n) is 4.80. The van der Waals surface area contributed by atoms with E-state index in [0.717, 1.165) is 6.42 Å². The van der Waals surface area contributed by atoms with Crippen molar-refractivity contribution in [2.45, 2.75) is 12.7 Å². The summed E-state index contributed by atoms with van der Waals surface area (Å²) >= 11 is 0. The normalized spacial score (nSPS) is 17.3. The monoisotopic (exact) mass is 206 g/mol. The van der Waals surface area contributed by atoms with Gasteiger partial charge in [0, 0.05) is 5.56 Å². The summed E-state index contributed by atoms with van der Waals surface area (Å²) in [6, 6.07) is 4.66. The van der Waals surface area contributed by atoms with Gasteiger partial charge in [0.25, 0.3) is 0 Å². The van der Waals surface area contributed by atoms with Gasteiger partial charge in [-0.3, -0.25) is 0 Å². The number of hydrogen-bond donors (Lipinski definition) is 0. The molecule has 1 fully saturated rings. The van der Waals surface area contributed by atoms with Crippen LogP contribution < -0.4 is 0 Å². The molecule has 2 rings (SSSR count). The van der Waals surface area contributed by atoms with E-state index in [1.807, 2.05) is 0 Å². The minimum absolute atomic E-state index is 0.259. The van der Waals surface area contributed by atoms with Crippen molar-refractivity contribution in [1.29, 1.82) is 0 Å². The summed E-state index contributed by atoms with van der Waals surface area (Å²) in [6.45, 7) is 1.28. The lowest BCUT2D eigenvalue weighted by molar-refractivity contribution is -0.183. The first-order chi connectivity index (χ1) is 7.31. The maximum absolute atomic E-state index is 13.4. The Balaban J connectivity index is 2.22. The van der Waals surface area contributed by atoms with Crippen molar-refractivity contribution in [3.05, 3.63) is 35.1 Å². The first-order valence-corrected chi connectivity index (χ1v) is 4.80. The van der Waals surface area contributed by atoms with Crippen molar-refractivity contribution < 1.29 is 13.9 Å². The lowest BCUT2D eigenvalue weighted by Crippen LogP contribution is -2.17. The Kier molecular flexibility index (Phi) is 3.00. The topological polar surface area (TPSA) is 18.5 Å². The van der Waals surface area contributed by atoms with Crippen LogP contribution in [0.25, 0.3) is 0 Å². The largest absolute Gasteiger partial charge is 0.348 e. The van der Waals surface area contributed by atoms with E-state index in [1.54, 1.807) is 12.1 Å². The van der Waals surface area contributed by atoms with Crippen LogP contribution in [-0.4, -0.2) is 13.2 Å². The molecule has 0 bridgehead atoms. The summed E-state index contributed by atoms with van der Waals surface area (Å²) < 4.78 is 24.1. The summed E-state index contributed by atoms with van der Waals surface area (Å²) in [4.78, 5) is 0. The number of rotatable bonds is 1. The second-order valence-electron chi connectivity index (χ2n) is 3.31. The van der Waals surface area contributed by atoms with E-state index in [0.29, 0.717) is 18.8 Å². The molecule has 0 aliphatic carbocycles. The van der Waals surface area contributed by atoms with Gasteiger partial charge in [0.2, 0.25) is 0 Å². The van der Waals surface area contributed by atoms with E-state index in [1.165, 1.54) is 6.07 Å². The van der Waals surface area contributed by atoms with Crippen LogP contribution >= 0.6 is 0 Å². The molecule has 0 atom stereocenters. The second-order valence-corrected chi connectivity index (χ2v) is 3.31. The minimum atomic E-state index is -0.458. The zero-order chi connectivity index (χ0) is 10.7. The first kappa shape index (κ1) is 10.2. The predicted octanol–water partition coefficient (Wildman–Crippen LogP) is 2.24. The molecule has 0 amide bonds. The van der Waals surface area contributed by atoms with Gasteiger partial charge in [-0.2, -0.15) is 0 Å². The summed E-state index contributed by atoms with van der Waals surface area (Å²) in [5.41, 5.74) is 0.931. The van der Waals surface area contributed by atoms with E-state index in [-0.39, 0.29) is 5.56 Å². The maximum Gasteiger partial charge on any atom is 0.183 e. The van der Waals surface area contributed by atoms with Crippen molar-refractivity contribution in [2.75, 3.05) is 13.2 Å². The van der Waals surface area contributed by atoms with Crippen molar-refractivity contribution in [2.24, 2.45) is 0 Å². The van der Waals surface area contributed by atoms with E-state index in [2.05, 4.69) is 5.92 Å². The van der Waals surface area contributed by atoms with E-state index in [9.17, 15) is 4.39 Å². The highest BCUT2D eigenvalue weighted by Gasteiger charge is 2.17. The summed E-state index contributed by atoms with van der Waals surface area (Å²) in [6.07, 6.45) is 5.54. The van der Waals surface area contributed by atoms with Crippen LogP contribution in [0.4, 0.5) is 4.39 Å². The van der Waals surface area contributed by atoms with Crippen LogP contribution in [0.15, 0.2) is 18.2 Å². The van der Waals surface area contributed by atoms with Gasteiger partial charge in [0.05, 0.1) is 18.8 Å². The van der Waals surface area contributed by atoms with Crippen LogP contribution in [-0.2, 0) is 9.47 Å². The van der Waals surface area contributed by atoms with Crippen LogP contribution in [0.5, 0.6) is 0 Å². The molecular weight excluding hydrogens is 195 g/mol. The van der Waals surface area contributed by atoms with Gasteiger partial charge in [-0.15, -0.1) is 6.42 Å². The van der Waals surface area contributed by atoms with E-state index < -0.39 is 12.1 Å². The third kappa shape index (κ3) is 2.17. The summed E-state index contributed by atoms with van der Waals surface area (Å²) in [5.74, 6) is 1.86. The molecule has 0 saturated carbocycles. The van der Waals surface area contributed by atoms with Crippen LogP contribution in [0, 0.1) is 18.2 Å². The second kappa shape index (κ2) is 4.43. The molecule has 15 heavy (non-hydrogen) atoms. The molecule has 1 saturated heterocycles. The number of benzene rings is 1. The molecule has 0 N–H and O–H groups in total. The highest BCUT2D eigenvalue weighted by molar-refractivity contribution is 5.36. The van der Waals surface area contributed by atoms with Crippen molar-refractivity contribution in [1.82, 2.24) is 0 Å². The molecule has 0 unspecified atom stereocenters. The van der Waals surface area contributed by atoms with Crippen molar-refractivity contribution in [3.8, 4) is 12.3 Å². The Morgan fingerprint density at radius 3 is 2.67 bits per heavy atom. The molecule has 2 nitrogen and oxygen atoms in total. The van der Waals surface area contributed by atoms with Gasteiger partial charge in [0.15, 0.2) is 6.29 Å².